The van der Waals surface area contributed by atoms with Crippen LogP contribution in [0.15, 0.2) is 24.3 Å². The molecule has 1 fully saturated rings. The number of nitrogens with two attached hydrogens (primary N) is 1. The molecular formula is C13H18N2O2S. The first-order chi connectivity index (χ1) is 8.75. The third-order valence-electron chi connectivity index (χ3n) is 2.83. The first-order valence-corrected chi connectivity index (χ1v) is 7.16. The van der Waals surface area contributed by atoms with E-state index in [9.17, 15) is 4.79 Å². The summed E-state index contributed by atoms with van der Waals surface area (Å²) < 4.78 is 5.37. The van der Waals surface area contributed by atoms with Crippen LogP contribution in [0.4, 0.5) is 5.69 Å². The van der Waals surface area contributed by atoms with Crippen LogP contribution in [-0.4, -0.2) is 30.1 Å². The van der Waals surface area contributed by atoms with Crippen LogP contribution in [0.25, 0.3) is 0 Å². The van der Waals surface area contributed by atoms with Crippen molar-refractivity contribution in [2.45, 2.75) is 18.1 Å². The third-order valence-corrected chi connectivity index (χ3v) is 4.23. The number of benzene rings is 1. The van der Waals surface area contributed by atoms with Crippen LogP contribution in [0.1, 0.15) is 12.8 Å². The van der Waals surface area contributed by atoms with Crippen LogP contribution in [-0.2, 0) is 4.79 Å². The molecule has 2 rings (SSSR count). The second-order valence-corrected chi connectivity index (χ2v) is 5.67. The van der Waals surface area contributed by atoms with Gasteiger partial charge in [-0.3, -0.25) is 4.79 Å². The predicted octanol–water partition coefficient (Wildman–Crippen LogP) is 1.66. The SMILES string of the molecule is Nc1ccccc1OCC(=O)NCC1CCCS1. The van der Waals surface area contributed by atoms with E-state index in [2.05, 4.69) is 5.32 Å². The van der Waals surface area contributed by atoms with Gasteiger partial charge in [0.1, 0.15) is 5.75 Å². The highest BCUT2D eigenvalue weighted by molar-refractivity contribution is 8.00. The maximum atomic E-state index is 11.6. The molecule has 0 radical (unpaired) electrons. The Labute approximate surface area is 111 Å². The van der Waals surface area contributed by atoms with Gasteiger partial charge >= 0.3 is 0 Å². The number of carbonyl (C=O) groups is 1. The van der Waals surface area contributed by atoms with Crippen LogP contribution in [0.5, 0.6) is 5.75 Å². The zero-order valence-corrected chi connectivity index (χ0v) is 11.0. The van der Waals surface area contributed by atoms with Gasteiger partial charge in [0.2, 0.25) is 0 Å². The Balaban J connectivity index is 1.69. The van der Waals surface area contributed by atoms with E-state index >= 15 is 0 Å². The van der Waals surface area contributed by atoms with Crippen molar-refractivity contribution < 1.29 is 9.53 Å². The van der Waals surface area contributed by atoms with Crippen molar-refractivity contribution >= 4 is 23.4 Å². The van der Waals surface area contributed by atoms with Gasteiger partial charge in [-0.15, -0.1) is 0 Å². The summed E-state index contributed by atoms with van der Waals surface area (Å²) in [6, 6.07) is 7.18. The van der Waals surface area contributed by atoms with Crippen molar-refractivity contribution in [3.05, 3.63) is 24.3 Å². The fraction of sp³-hybridized carbons (Fsp3) is 0.462. The van der Waals surface area contributed by atoms with Crippen LogP contribution in [0.3, 0.4) is 0 Å². The normalized spacial score (nSPS) is 18.6. The maximum Gasteiger partial charge on any atom is 0.257 e. The number of amides is 1. The number of ether oxygens (including phenoxy) is 1. The molecule has 1 aliphatic rings. The Hall–Kier alpha value is -1.36. The van der Waals surface area contributed by atoms with Gasteiger partial charge in [-0.1, -0.05) is 12.1 Å². The van der Waals surface area contributed by atoms with Crippen molar-refractivity contribution in [2.75, 3.05) is 24.6 Å². The minimum absolute atomic E-state index is 0.0194. The van der Waals surface area contributed by atoms with E-state index in [4.69, 9.17) is 10.5 Å². The summed E-state index contributed by atoms with van der Waals surface area (Å²) in [7, 11) is 0. The summed E-state index contributed by atoms with van der Waals surface area (Å²) in [5.74, 6) is 1.67. The molecule has 1 amide bonds. The first kappa shape index (κ1) is 13.1. The van der Waals surface area contributed by atoms with E-state index in [1.54, 1.807) is 12.1 Å². The summed E-state index contributed by atoms with van der Waals surface area (Å²) in [5.41, 5.74) is 6.27. The van der Waals surface area contributed by atoms with Crippen molar-refractivity contribution in [3.8, 4) is 5.75 Å². The van der Waals surface area contributed by atoms with Crippen molar-refractivity contribution in [2.24, 2.45) is 0 Å². The summed E-state index contributed by atoms with van der Waals surface area (Å²) in [5, 5.41) is 3.45. The van der Waals surface area contributed by atoms with Gasteiger partial charge in [-0.2, -0.15) is 11.8 Å². The van der Waals surface area contributed by atoms with Gasteiger partial charge in [-0.25, -0.2) is 0 Å². The zero-order valence-electron chi connectivity index (χ0n) is 10.2. The molecule has 0 aliphatic carbocycles. The molecule has 0 bridgehead atoms. The van der Waals surface area contributed by atoms with E-state index in [1.165, 1.54) is 18.6 Å². The van der Waals surface area contributed by atoms with Crippen molar-refractivity contribution in [1.29, 1.82) is 0 Å². The molecule has 1 aliphatic heterocycles. The molecule has 98 valence electrons. The molecule has 18 heavy (non-hydrogen) atoms. The van der Waals surface area contributed by atoms with Crippen LogP contribution < -0.4 is 15.8 Å². The third kappa shape index (κ3) is 3.84. The van der Waals surface area contributed by atoms with E-state index in [0.29, 0.717) is 16.7 Å². The molecule has 1 aromatic carbocycles. The topological polar surface area (TPSA) is 64.3 Å². The Kier molecular flexibility index (Phi) is 4.75. The smallest absolute Gasteiger partial charge is 0.257 e. The quantitative estimate of drug-likeness (QED) is 0.796. The van der Waals surface area contributed by atoms with Crippen LogP contribution in [0, 0.1) is 0 Å². The number of carbonyl (C=O) groups excluding carboxylic acids is 1. The second kappa shape index (κ2) is 6.54. The Morgan fingerprint density at radius 2 is 2.33 bits per heavy atom. The molecule has 3 N–H and O–H groups in total. The summed E-state index contributed by atoms with van der Waals surface area (Å²) in [6.07, 6.45) is 2.44. The van der Waals surface area contributed by atoms with E-state index in [0.717, 1.165) is 6.54 Å². The van der Waals surface area contributed by atoms with Gasteiger partial charge < -0.3 is 15.8 Å². The minimum atomic E-state index is -0.0919. The molecule has 0 saturated carbocycles. The molecular weight excluding hydrogens is 248 g/mol. The molecule has 1 aromatic rings. The second-order valence-electron chi connectivity index (χ2n) is 4.27. The van der Waals surface area contributed by atoms with Gasteiger partial charge in [0.05, 0.1) is 5.69 Å². The largest absolute Gasteiger partial charge is 0.482 e. The number of rotatable bonds is 5. The van der Waals surface area contributed by atoms with Gasteiger partial charge in [0.25, 0.3) is 5.91 Å². The number of hydrogen-bond acceptors (Lipinski definition) is 4. The van der Waals surface area contributed by atoms with E-state index < -0.39 is 0 Å². The Morgan fingerprint density at radius 3 is 3.06 bits per heavy atom. The average molecular weight is 266 g/mol. The van der Waals surface area contributed by atoms with Gasteiger partial charge in [-0.05, 0) is 30.7 Å². The van der Waals surface area contributed by atoms with Gasteiger partial charge in [0, 0.05) is 11.8 Å². The molecule has 0 spiro atoms. The molecule has 1 unspecified atom stereocenters. The standard InChI is InChI=1S/C13H18N2O2S/c14-11-5-1-2-6-12(11)17-9-13(16)15-8-10-4-3-7-18-10/h1-2,5-6,10H,3-4,7-9,14H2,(H,15,16). The molecule has 1 saturated heterocycles. The molecule has 1 heterocycles. The summed E-state index contributed by atoms with van der Waals surface area (Å²) in [6.45, 7) is 0.753. The van der Waals surface area contributed by atoms with Crippen LogP contribution in [0.2, 0.25) is 0 Å². The maximum absolute atomic E-state index is 11.6. The minimum Gasteiger partial charge on any atom is -0.482 e. The molecule has 5 heteroatoms. The molecule has 4 nitrogen and oxygen atoms in total. The highest BCUT2D eigenvalue weighted by Crippen LogP contribution is 2.25. The highest BCUT2D eigenvalue weighted by Gasteiger charge is 2.16. The number of hydrogen-bond donors (Lipinski definition) is 2. The number of anilines is 1. The predicted molar refractivity (Wildman–Crippen MR) is 74.8 cm³/mol. The number of para-hydroxylation sites is 2. The van der Waals surface area contributed by atoms with E-state index in [1.807, 2.05) is 23.9 Å². The monoisotopic (exact) mass is 266 g/mol. The fourth-order valence-electron chi connectivity index (χ4n) is 1.84. The van der Waals surface area contributed by atoms with E-state index in [-0.39, 0.29) is 12.5 Å². The number of thioether (sulfide) groups is 1. The Morgan fingerprint density at radius 1 is 1.50 bits per heavy atom. The lowest BCUT2D eigenvalue weighted by Gasteiger charge is -2.11. The molecule has 0 aromatic heterocycles. The number of nitrogens with one attached hydrogen (secondary N) is 1. The lowest BCUT2D eigenvalue weighted by Crippen LogP contribution is -2.33. The van der Waals surface area contributed by atoms with Crippen molar-refractivity contribution in [3.63, 3.8) is 0 Å². The lowest BCUT2D eigenvalue weighted by atomic mass is 10.2. The average Bonchev–Trinajstić information content (AvgIpc) is 2.88. The van der Waals surface area contributed by atoms with Crippen LogP contribution >= 0.6 is 11.8 Å². The fourth-order valence-corrected chi connectivity index (χ4v) is 3.04. The lowest BCUT2D eigenvalue weighted by molar-refractivity contribution is -0.123. The highest BCUT2D eigenvalue weighted by atomic mass is 32.2. The molecule has 1 atom stereocenters. The zero-order chi connectivity index (χ0) is 12.8. The first-order valence-electron chi connectivity index (χ1n) is 6.11. The number of nitrogen functional groups attached to an aromatic ring is 1. The van der Waals surface area contributed by atoms with Crippen molar-refractivity contribution in [1.82, 2.24) is 5.32 Å². The Bertz CT molecular complexity index is 406. The van der Waals surface area contributed by atoms with Gasteiger partial charge in [0.15, 0.2) is 6.61 Å². The summed E-state index contributed by atoms with van der Waals surface area (Å²) >= 11 is 1.93. The summed E-state index contributed by atoms with van der Waals surface area (Å²) in [4.78, 5) is 11.6.